The molecule has 41 heavy (non-hydrogen) atoms. The summed E-state index contributed by atoms with van der Waals surface area (Å²) in [7, 11) is 0. The smallest absolute Gasteiger partial charge is 0.410 e. The molecule has 3 saturated heterocycles. The van der Waals surface area contributed by atoms with Crippen LogP contribution in [0.2, 0.25) is 0 Å². The number of ether oxygens (including phenoxy) is 3. The highest BCUT2D eigenvalue weighted by Gasteiger charge is 2.39. The van der Waals surface area contributed by atoms with E-state index in [1.807, 2.05) is 31.9 Å². The first kappa shape index (κ1) is 26.8. The lowest BCUT2D eigenvalue weighted by molar-refractivity contribution is -0.0197. The van der Waals surface area contributed by atoms with Gasteiger partial charge in [-0.25, -0.2) is 9.78 Å². The topological polar surface area (TPSA) is 92.3 Å². The van der Waals surface area contributed by atoms with E-state index in [0.717, 1.165) is 99.5 Å². The van der Waals surface area contributed by atoms with Crippen LogP contribution in [0, 0.1) is 0 Å². The highest BCUT2D eigenvalue weighted by atomic mass is 16.6. The summed E-state index contributed by atoms with van der Waals surface area (Å²) in [6.07, 6.45) is 6.17. The molecule has 7 rings (SSSR count). The van der Waals surface area contributed by atoms with Gasteiger partial charge >= 0.3 is 6.09 Å². The van der Waals surface area contributed by atoms with Gasteiger partial charge in [0.15, 0.2) is 5.75 Å². The van der Waals surface area contributed by atoms with Crippen molar-refractivity contribution in [1.82, 2.24) is 19.8 Å². The zero-order valence-electron chi connectivity index (χ0n) is 24.5. The Balaban J connectivity index is 1.05. The number of nitrogens with zero attached hydrogens (tertiary/aromatic N) is 5. The molecule has 4 aliphatic heterocycles. The fourth-order valence-corrected chi connectivity index (χ4v) is 6.49. The molecule has 1 N–H and O–H groups in total. The lowest BCUT2D eigenvalue weighted by Crippen LogP contribution is -2.62. The second-order valence-corrected chi connectivity index (χ2v) is 13.1. The third-order valence-electron chi connectivity index (χ3n) is 8.96. The maximum atomic E-state index is 12.4. The zero-order chi connectivity index (χ0) is 28.1. The van der Waals surface area contributed by atoms with Crippen LogP contribution in [0.4, 0.5) is 22.0 Å². The Morgan fingerprint density at radius 2 is 1.80 bits per heavy atom. The van der Waals surface area contributed by atoms with Gasteiger partial charge in [-0.3, -0.25) is 9.88 Å². The van der Waals surface area contributed by atoms with Crippen molar-refractivity contribution in [3.8, 4) is 5.75 Å². The van der Waals surface area contributed by atoms with E-state index in [-0.39, 0.29) is 6.09 Å². The van der Waals surface area contributed by atoms with Gasteiger partial charge < -0.3 is 29.3 Å². The van der Waals surface area contributed by atoms with Crippen LogP contribution in [0.1, 0.15) is 75.2 Å². The van der Waals surface area contributed by atoms with Gasteiger partial charge in [-0.1, -0.05) is 0 Å². The molecule has 0 bridgehead atoms. The number of amides is 1. The van der Waals surface area contributed by atoms with Gasteiger partial charge in [0.2, 0.25) is 0 Å². The van der Waals surface area contributed by atoms with Gasteiger partial charge in [-0.15, -0.1) is 0 Å². The number of likely N-dealkylation sites (tertiary alicyclic amines) is 2. The molecule has 10 heteroatoms. The van der Waals surface area contributed by atoms with Crippen molar-refractivity contribution in [2.45, 2.75) is 76.5 Å². The van der Waals surface area contributed by atoms with Gasteiger partial charge in [0.25, 0.3) is 0 Å². The highest BCUT2D eigenvalue weighted by molar-refractivity contribution is 5.74. The maximum Gasteiger partial charge on any atom is 0.410 e. The van der Waals surface area contributed by atoms with Crippen molar-refractivity contribution >= 4 is 23.3 Å². The summed E-state index contributed by atoms with van der Waals surface area (Å²) in [5.74, 6) is 2.66. The van der Waals surface area contributed by atoms with Crippen molar-refractivity contribution in [3.05, 3.63) is 35.3 Å². The van der Waals surface area contributed by atoms with Crippen molar-refractivity contribution in [2.24, 2.45) is 0 Å². The number of nitrogens with one attached hydrogen (secondary N) is 1. The van der Waals surface area contributed by atoms with E-state index in [2.05, 4.69) is 27.2 Å². The van der Waals surface area contributed by atoms with Crippen LogP contribution in [0.15, 0.2) is 18.3 Å². The Kier molecular flexibility index (Phi) is 6.93. The minimum absolute atomic E-state index is 0.201. The molecule has 1 saturated carbocycles. The number of rotatable bonds is 4. The molecule has 4 fully saturated rings. The Morgan fingerprint density at radius 3 is 2.51 bits per heavy atom. The molecule has 1 amide bonds. The number of morpholine rings is 1. The minimum Gasteiger partial charge on any atom is -0.485 e. The molecule has 2 aromatic rings. The third-order valence-corrected chi connectivity index (χ3v) is 8.96. The molecule has 0 unspecified atom stereocenters. The molecular formula is C31H42N6O4. The molecule has 0 aromatic carbocycles. The molecule has 0 spiro atoms. The summed E-state index contributed by atoms with van der Waals surface area (Å²) in [6, 6.07) is 4.73. The summed E-state index contributed by atoms with van der Waals surface area (Å²) >= 11 is 0. The standard InChI is InChI=1S/C31H42N6O4/c1-31(2,3)41-30(38)37-17-22(18-37)35-10-7-20(8-11-35)24-16-25-28(27(33-24)21-4-5-21)40-19-23-26(6-9-32-29(23)34-25)36-12-14-39-15-13-36/h6,9,16,20-22H,4-5,7-8,10-15,17-19H2,1-3H3,(H,32,34). The predicted molar refractivity (Wildman–Crippen MR) is 156 cm³/mol. The lowest BCUT2D eigenvalue weighted by atomic mass is 9.90. The lowest BCUT2D eigenvalue weighted by Gasteiger charge is -2.47. The number of hydrogen-bond acceptors (Lipinski definition) is 9. The summed E-state index contributed by atoms with van der Waals surface area (Å²) in [6.45, 7) is 13.0. The number of carbonyl (C=O) groups is 1. The summed E-state index contributed by atoms with van der Waals surface area (Å²) in [4.78, 5) is 29.1. The van der Waals surface area contributed by atoms with E-state index >= 15 is 0 Å². The molecule has 0 atom stereocenters. The number of carbonyl (C=O) groups excluding carboxylic acids is 1. The van der Waals surface area contributed by atoms with Gasteiger partial charge in [-0.05, 0) is 71.7 Å². The Labute approximate surface area is 242 Å². The predicted octanol–water partition coefficient (Wildman–Crippen LogP) is 4.63. The van der Waals surface area contributed by atoms with Crippen molar-refractivity contribution < 1.29 is 19.0 Å². The van der Waals surface area contributed by atoms with Crippen molar-refractivity contribution in [2.75, 3.05) is 62.7 Å². The average Bonchev–Trinajstić information content (AvgIpc) is 3.78. The SMILES string of the molecule is CC(C)(C)OC(=O)N1CC(N2CCC(c3cc4c(c(C5CC5)n3)OCc3c(N5CCOCC5)ccnc3N4)CC2)C1. The van der Waals surface area contributed by atoms with Crippen LogP contribution >= 0.6 is 0 Å². The third kappa shape index (κ3) is 5.56. The van der Waals surface area contributed by atoms with Crippen LogP contribution in [-0.4, -0.2) is 90.0 Å². The van der Waals surface area contributed by atoms with Crippen molar-refractivity contribution in [1.29, 1.82) is 0 Å². The number of fused-ring (bicyclic) bond motifs is 2. The summed E-state index contributed by atoms with van der Waals surface area (Å²) in [5.41, 5.74) is 5.09. The number of aromatic nitrogens is 2. The quantitative estimate of drug-likeness (QED) is 0.573. The summed E-state index contributed by atoms with van der Waals surface area (Å²) < 4.78 is 17.7. The van der Waals surface area contributed by atoms with Gasteiger partial charge in [-0.2, -0.15) is 0 Å². The van der Waals surface area contributed by atoms with E-state index in [1.54, 1.807) is 0 Å². The molecule has 2 aromatic heterocycles. The Hall–Kier alpha value is -3.11. The number of pyridine rings is 2. The molecule has 1 aliphatic carbocycles. The number of hydrogen-bond donors (Lipinski definition) is 1. The first-order valence-corrected chi connectivity index (χ1v) is 15.3. The second kappa shape index (κ2) is 10.6. The van der Waals surface area contributed by atoms with E-state index in [9.17, 15) is 4.79 Å². The second-order valence-electron chi connectivity index (χ2n) is 13.1. The summed E-state index contributed by atoms with van der Waals surface area (Å²) in [5, 5.41) is 3.67. The molecule has 6 heterocycles. The zero-order valence-corrected chi connectivity index (χ0v) is 24.5. The average molecular weight is 563 g/mol. The van der Waals surface area contributed by atoms with Crippen LogP contribution in [0.3, 0.4) is 0 Å². The van der Waals surface area contributed by atoms with Crippen molar-refractivity contribution in [3.63, 3.8) is 0 Å². The first-order valence-electron chi connectivity index (χ1n) is 15.3. The largest absolute Gasteiger partial charge is 0.485 e. The Bertz CT molecular complexity index is 1290. The fourth-order valence-electron chi connectivity index (χ4n) is 6.49. The van der Waals surface area contributed by atoms with Crippen LogP contribution < -0.4 is 15.0 Å². The molecule has 0 radical (unpaired) electrons. The van der Waals surface area contributed by atoms with E-state index in [1.165, 1.54) is 18.5 Å². The number of anilines is 3. The first-order chi connectivity index (χ1) is 19.8. The number of piperidine rings is 1. The normalized spacial score (nSPS) is 22.1. The monoisotopic (exact) mass is 562 g/mol. The molecule has 5 aliphatic rings. The molecular weight excluding hydrogens is 520 g/mol. The van der Waals surface area contributed by atoms with Gasteiger partial charge in [0, 0.05) is 61.6 Å². The fraction of sp³-hybridized carbons (Fsp3) is 0.645. The molecule has 220 valence electrons. The van der Waals surface area contributed by atoms with Crippen LogP contribution in [-0.2, 0) is 16.1 Å². The van der Waals surface area contributed by atoms with Crippen LogP contribution in [0.25, 0.3) is 0 Å². The highest BCUT2D eigenvalue weighted by Crippen LogP contribution is 2.49. The maximum absolute atomic E-state index is 12.4. The van der Waals surface area contributed by atoms with E-state index in [4.69, 9.17) is 24.2 Å². The minimum atomic E-state index is -0.455. The Morgan fingerprint density at radius 1 is 1.05 bits per heavy atom. The van der Waals surface area contributed by atoms with Gasteiger partial charge in [0.05, 0.1) is 30.2 Å². The van der Waals surface area contributed by atoms with E-state index < -0.39 is 5.60 Å². The van der Waals surface area contributed by atoms with E-state index in [0.29, 0.717) is 24.5 Å². The molecule has 10 nitrogen and oxygen atoms in total. The van der Waals surface area contributed by atoms with Crippen LogP contribution in [0.5, 0.6) is 5.75 Å². The van der Waals surface area contributed by atoms with Gasteiger partial charge in [0.1, 0.15) is 18.0 Å².